The van der Waals surface area contributed by atoms with Gasteiger partial charge in [-0.25, -0.2) is 8.42 Å². The number of piperidine rings is 1. The minimum absolute atomic E-state index is 0.0665. The van der Waals surface area contributed by atoms with E-state index in [0.29, 0.717) is 30.9 Å². The molecule has 0 amide bonds. The molecule has 1 heterocycles. The van der Waals surface area contributed by atoms with Gasteiger partial charge >= 0.3 is 0 Å². The zero-order chi connectivity index (χ0) is 15.6. The van der Waals surface area contributed by atoms with E-state index in [1.165, 1.54) is 30.7 Å². The van der Waals surface area contributed by atoms with Gasteiger partial charge in [0.2, 0.25) is 10.0 Å². The number of ether oxygens (including phenoxy) is 2. The molecule has 0 radical (unpaired) electrons. The van der Waals surface area contributed by atoms with Crippen LogP contribution in [0.4, 0.5) is 0 Å². The smallest absolute Gasteiger partial charge is 0.243 e. The molecule has 6 nitrogen and oxygen atoms in total. The molecule has 0 unspecified atom stereocenters. The highest BCUT2D eigenvalue weighted by molar-refractivity contribution is 7.89. The second-order valence-corrected chi connectivity index (χ2v) is 7.16. The van der Waals surface area contributed by atoms with E-state index in [0.717, 1.165) is 0 Å². The van der Waals surface area contributed by atoms with Gasteiger partial charge in [0, 0.05) is 24.7 Å². The van der Waals surface area contributed by atoms with Crippen LogP contribution in [-0.4, -0.2) is 45.6 Å². The lowest BCUT2D eigenvalue weighted by atomic mass is 10.0. The Balaban J connectivity index is 2.35. The van der Waals surface area contributed by atoms with Crippen LogP contribution in [0.2, 0.25) is 0 Å². The van der Waals surface area contributed by atoms with Crippen molar-refractivity contribution in [1.29, 1.82) is 0 Å². The van der Waals surface area contributed by atoms with Crippen LogP contribution >= 0.6 is 0 Å². The lowest BCUT2D eigenvalue weighted by Crippen LogP contribution is -2.48. The van der Waals surface area contributed by atoms with Gasteiger partial charge in [-0.1, -0.05) is 0 Å². The van der Waals surface area contributed by atoms with Crippen molar-refractivity contribution in [2.75, 3.05) is 20.8 Å². The Morgan fingerprint density at radius 1 is 1.24 bits per heavy atom. The van der Waals surface area contributed by atoms with Crippen LogP contribution < -0.4 is 15.2 Å². The van der Waals surface area contributed by atoms with Crippen LogP contribution in [0.15, 0.2) is 23.1 Å². The van der Waals surface area contributed by atoms with Crippen molar-refractivity contribution < 1.29 is 17.9 Å². The number of methoxy groups -OCH3 is 2. The molecule has 1 aromatic carbocycles. The van der Waals surface area contributed by atoms with Crippen LogP contribution in [0.3, 0.4) is 0 Å². The molecule has 0 aromatic heterocycles. The monoisotopic (exact) mass is 314 g/mol. The fourth-order valence-electron chi connectivity index (χ4n) is 2.66. The Morgan fingerprint density at radius 2 is 1.90 bits per heavy atom. The molecular formula is C14H22N2O4S. The number of benzene rings is 1. The highest BCUT2D eigenvalue weighted by atomic mass is 32.2. The summed E-state index contributed by atoms with van der Waals surface area (Å²) in [6, 6.07) is 4.60. The summed E-state index contributed by atoms with van der Waals surface area (Å²) in [4.78, 5) is 0.211. The van der Waals surface area contributed by atoms with E-state index < -0.39 is 10.0 Å². The average molecular weight is 314 g/mol. The molecule has 0 bridgehead atoms. The van der Waals surface area contributed by atoms with Gasteiger partial charge in [0.1, 0.15) is 0 Å². The van der Waals surface area contributed by atoms with Crippen molar-refractivity contribution in [1.82, 2.24) is 4.31 Å². The summed E-state index contributed by atoms with van der Waals surface area (Å²) < 4.78 is 37.3. The van der Waals surface area contributed by atoms with E-state index in [-0.39, 0.29) is 17.0 Å². The molecule has 2 atom stereocenters. The van der Waals surface area contributed by atoms with E-state index in [1.807, 2.05) is 6.92 Å². The maximum absolute atomic E-state index is 12.8. The fourth-order valence-corrected chi connectivity index (χ4v) is 4.33. The summed E-state index contributed by atoms with van der Waals surface area (Å²) >= 11 is 0. The minimum Gasteiger partial charge on any atom is -0.493 e. The van der Waals surface area contributed by atoms with Crippen molar-refractivity contribution in [2.45, 2.75) is 36.7 Å². The number of hydrogen-bond acceptors (Lipinski definition) is 5. The SMILES string of the molecule is COc1ccc(S(=O)(=O)N2CC[C@H](N)C[C@@H]2C)cc1OC. The van der Waals surface area contributed by atoms with E-state index in [4.69, 9.17) is 15.2 Å². The molecule has 0 aliphatic carbocycles. The Labute approximate surface area is 125 Å². The van der Waals surface area contributed by atoms with Gasteiger partial charge in [-0.05, 0) is 31.9 Å². The predicted octanol–water partition coefficient (Wildman–Crippen LogP) is 1.20. The zero-order valence-corrected chi connectivity index (χ0v) is 13.4. The van der Waals surface area contributed by atoms with Crippen LogP contribution in [0.5, 0.6) is 11.5 Å². The van der Waals surface area contributed by atoms with Gasteiger partial charge in [-0.2, -0.15) is 4.31 Å². The number of hydrogen-bond donors (Lipinski definition) is 1. The Kier molecular flexibility index (Phi) is 4.75. The van der Waals surface area contributed by atoms with Crippen molar-refractivity contribution in [3.63, 3.8) is 0 Å². The quantitative estimate of drug-likeness (QED) is 0.903. The molecule has 2 N–H and O–H groups in total. The molecule has 118 valence electrons. The average Bonchev–Trinajstić information content (AvgIpc) is 2.46. The molecule has 1 aliphatic heterocycles. The van der Waals surface area contributed by atoms with Crippen molar-refractivity contribution in [2.24, 2.45) is 5.73 Å². The summed E-state index contributed by atoms with van der Waals surface area (Å²) in [6.07, 6.45) is 1.35. The molecule has 2 rings (SSSR count). The minimum atomic E-state index is -3.55. The lowest BCUT2D eigenvalue weighted by molar-refractivity contribution is 0.247. The first-order valence-electron chi connectivity index (χ1n) is 6.89. The topological polar surface area (TPSA) is 81.9 Å². The molecule has 21 heavy (non-hydrogen) atoms. The van der Waals surface area contributed by atoms with Gasteiger partial charge in [-0.3, -0.25) is 0 Å². The number of nitrogens with zero attached hydrogens (tertiary/aromatic N) is 1. The van der Waals surface area contributed by atoms with E-state index in [2.05, 4.69) is 0 Å². The number of nitrogens with two attached hydrogens (primary N) is 1. The molecule has 1 aliphatic rings. The largest absolute Gasteiger partial charge is 0.493 e. The Hall–Kier alpha value is -1.31. The first-order valence-corrected chi connectivity index (χ1v) is 8.33. The maximum atomic E-state index is 12.8. The first-order chi connectivity index (χ1) is 9.90. The van der Waals surface area contributed by atoms with Crippen molar-refractivity contribution in [3.05, 3.63) is 18.2 Å². The third-order valence-electron chi connectivity index (χ3n) is 3.82. The molecule has 1 saturated heterocycles. The molecule has 1 aromatic rings. The second kappa shape index (κ2) is 6.21. The van der Waals surface area contributed by atoms with Crippen LogP contribution in [0.25, 0.3) is 0 Å². The van der Waals surface area contributed by atoms with Crippen molar-refractivity contribution >= 4 is 10.0 Å². The van der Waals surface area contributed by atoms with Gasteiger partial charge in [0.05, 0.1) is 19.1 Å². The molecule has 0 spiro atoms. The van der Waals surface area contributed by atoms with Crippen LogP contribution in [0, 0.1) is 0 Å². The third kappa shape index (κ3) is 3.14. The van der Waals surface area contributed by atoms with Gasteiger partial charge in [0.25, 0.3) is 0 Å². The van der Waals surface area contributed by atoms with E-state index in [9.17, 15) is 8.42 Å². The highest BCUT2D eigenvalue weighted by Crippen LogP contribution is 2.32. The summed E-state index contributed by atoms with van der Waals surface area (Å²) in [7, 11) is -0.553. The van der Waals surface area contributed by atoms with Gasteiger partial charge < -0.3 is 15.2 Å². The lowest BCUT2D eigenvalue weighted by Gasteiger charge is -2.35. The Morgan fingerprint density at radius 3 is 2.48 bits per heavy atom. The summed E-state index contributed by atoms with van der Waals surface area (Å²) in [5.74, 6) is 0.908. The summed E-state index contributed by atoms with van der Waals surface area (Å²) in [6.45, 7) is 2.33. The predicted molar refractivity (Wildman–Crippen MR) is 80.1 cm³/mol. The van der Waals surface area contributed by atoms with Crippen molar-refractivity contribution in [3.8, 4) is 11.5 Å². The first kappa shape index (κ1) is 16.1. The molecule has 7 heteroatoms. The zero-order valence-electron chi connectivity index (χ0n) is 12.6. The van der Waals surface area contributed by atoms with E-state index >= 15 is 0 Å². The molecule has 1 fully saturated rings. The Bertz CT molecular complexity index is 603. The normalized spacial score (nSPS) is 23.8. The van der Waals surface area contributed by atoms with Gasteiger partial charge in [-0.15, -0.1) is 0 Å². The molecular weight excluding hydrogens is 292 g/mol. The fraction of sp³-hybridized carbons (Fsp3) is 0.571. The second-order valence-electron chi connectivity index (χ2n) is 5.27. The van der Waals surface area contributed by atoms with E-state index in [1.54, 1.807) is 6.07 Å². The van der Waals surface area contributed by atoms with Gasteiger partial charge in [0.15, 0.2) is 11.5 Å². The third-order valence-corrected chi connectivity index (χ3v) is 5.83. The number of rotatable bonds is 4. The highest BCUT2D eigenvalue weighted by Gasteiger charge is 2.33. The number of sulfonamides is 1. The maximum Gasteiger partial charge on any atom is 0.243 e. The summed E-state index contributed by atoms with van der Waals surface area (Å²) in [5.41, 5.74) is 5.89. The standard InChI is InChI=1S/C14H22N2O4S/c1-10-8-11(15)6-7-16(10)21(17,18)12-4-5-13(19-2)14(9-12)20-3/h4-5,9-11H,6-8,15H2,1-3H3/t10-,11-/m0/s1. The van der Waals surface area contributed by atoms with Crippen LogP contribution in [0.1, 0.15) is 19.8 Å². The molecule has 0 saturated carbocycles. The van der Waals surface area contributed by atoms with Crippen LogP contribution in [-0.2, 0) is 10.0 Å². The summed E-state index contributed by atoms with van der Waals surface area (Å²) in [5, 5.41) is 0.